The summed E-state index contributed by atoms with van der Waals surface area (Å²) in [6.45, 7) is 3.34. The Bertz CT molecular complexity index is 1130. The Balaban J connectivity index is 1.31. The fourth-order valence-electron chi connectivity index (χ4n) is 4.04. The van der Waals surface area contributed by atoms with E-state index in [1.165, 1.54) is 0 Å². The number of anilines is 1. The predicted octanol–water partition coefficient (Wildman–Crippen LogP) is 3.64. The normalized spacial score (nSPS) is 19.0. The number of benzene rings is 2. The summed E-state index contributed by atoms with van der Waals surface area (Å²) in [5.74, 6) is 0.824. The molecule has 2 aliphatic rings. The molecule has 0 radical (unpaired) electrons. The highest BCUT2D eigenvalue weighted by Crippen LogP contribution is 2.37. The van der Waals surface area contributed by atoms with Crippen molar-refractivity contribution in [3.05, 3.63) is 47.5 Å². The molecule has 31 heavy (non-hydrogen) atoms. The van der Waals surface area contributed by atoms with Crippen LogP contribution in [0.25, 0.3) is 10.2 Å². The van der Waals surface area contributed by atoms with E-state index < -0.39 is 0 Å². The number of para-hydroxylation sites is 1. The molecule has 0 saturated carbocycles. The van der Waals surface area contributed by atoms with Crippen molar-refractivity contribution >= 4 is 39.1 Å². The molecule has 1 fully saturated rings. The Morgan fingerprint density at radius 2 is 1.97 bits per heavy atom. The van der Waals surface area contributed by atoms with Crippen LogP contribution in [0.1, 0.15) is 24.4 Å². The van der Waals surface area contributed by atoms with Gasteiger partial charge in [0.25, 0.3) is 0 Å². The van der Waals surface area contributed by atoms with Gasteiger partial charge in [0.1, 0.15) is 18.2 Å². The van der Waals surface area contributed by atoms with E-state index >= 15 is 0 Å². The lowest BCUT2D eigenvalue weighted by molar-refractivity contribution is -0.136. The van der Waals surface area contributed by atoms with Gasteiger partial charge in [-0.2, -0.15) is 0 Å². The van der Waals surface area contributed by atoms with Crippen molar-refractivity contribution in [3.63, 3.8) is 0 Å². The molecule has 8 heteroatoms. The summed E-state index contributed by atoms with van der Waals surface area (Å²) in [6.07, 6.45) is 0.199. The first kappa shape index (κ1) is 19.8. The van der Waals surface area contributed by atoms with E-state index in [0.717, 1.165) is 20.9 Å². The molecule has 0 bridgehead atoms. The molecular weight excluding hydrogens is 414 g/mol. The smallest absolute Gasteiger partial charge is 0.228 e. The second kappa shape index (κ2) is 7.85. The second-order valence-electron chi connectivity index (χ2n) is 7.88. The lowest BCUT2D eigenvalue weighted by Gasteiger charge is -2.26. The van der Waals surface area contributed by atoms with Gasteiger partial charge in [-0.3, -0.25) is 9.59 Å². The maximum absolute atomic E-state index is 13.2. The molecular formula is C23H23N3O4S. The fraction of sp³-hybridized carbons (Fsp3) is 0.348. The first-order valence-corrected chi connectivity index (χ1v) is 11.1. The quantitative estimate of drug-likeness (QED) is 0.623. The molecule has 0 N–H and O–H groups in total. The van der Waals surface area contributed by atoms with Crippen LogP contribution >= 0.6 is 11.3 Å². The SMILES string of the molecule is C[C@H](c1nc2ccccc2s1)N(C)C(=O)[C@@H]1CC(=O)N(c2ccc3c(c2)OCCO3)C1. The number of hydrogen-bond acceptors (Lipinski definition) is 6. The van der Waals surface area contributed by atoms with Crippen LogP contribution in [0.2, 0.25) is 0 Å². The molecule has 1 saturated heterocycles. The van der Waals surface area contributed by atoms with Gasteiger partial charge in [0.2, 0.25) is 11.8 Å². The van der Waals surface area contributed by atoms with Crippen LogP contribution in [0.15, 0.2) is 42.5 Å². The van der Waals surface area contributed by atoms with Crippen molar-refractivity contribution < 1.29 is 19.1 Å². The Labute approximate surface area is 184 Å². The first-order chi connectivity index (χ1) is 15.0. The number of carbonyl (C=O) groups excluding carboxylic acids is 2. The van der Waals surface area contributed by atoms with Gasteiger partial charge < -0.3 is 19.3 Å². The maximum atomic E-state index is 13.2. The lowest BCUT2D eigenvalue weighted by atomic mass is 10.1. The summed E-state index contributed by atoms with van der Waals surface area (Å²) in [5.41, 5.74) is 1.67. The van der Waals surface area contributed by atoms with Gasteiger partial charge in [-0.25, -0.2) is 4.98 Å². The second-order valence-corrected chi connectivity index (χ2v) is 8.94. The summed E-state index contributed by atoms with van der Waals surface area (Å²) in [6, 6.07) is 13.3. The zero-order valence-electron chi connectivity index (χ0n) is 17.4. The summed E-state index contributed by atoms with van der Waals surface area (Å²) >= 11 is 1.60. The van der Waals surface area contributed by atoms with Gasteiger partial charge >= 0.3 is 0 Å². The molecule has 7 nitrogen and oxygen atoms in total. The summed E-state index contributed by atoms with van der Waals surface area (Å²) in [4.78, 5) is 34.0. The van der Waals surface area contributed by atoms with Crippen molar-refractivity contribution in [2.75, 3.05) is 31.7 Å². The van der Waals surface area contributed by atoms with E-state index in [1.54, 1.807) is 28.2 Å². The zero-order valence-corrected chi connectivity index (χ0v) is 18.2. The molecule has 160 valence electrons. The molecule has 2 aromatic carbocycles. The molecule has 0 unspecified atom stereocenters. The summed E-state index contributed by atoms with van der Waals surface area (Å²) in [7, 11) is 1.79. The third-order valence-electron chi connectivity index (χ3n) is 5.91. The van der Waals surface area contributed by atoms with Gasteiger partial charge in [0.15, 0.2) is 11.5 Å². The summed E-state index contributed by atoms with van der Waals surface area (Å²) in [5, 5.41) is 0.894. The van der Waals surface area contributed by atoms with Crippen molar-refractivity contribution in [2.24, 2.45) is 5.92 Å². The molecule has 5 rings (SSSR count). The zero-order chi connectivity index (χ0) is 21.5. The first-order valence-electron chi connectivity index (χ1n) is 10.3. The van der Waals surface area contributed by atoms with Crippen LogP contribution in [0.3, 0.4) is 0 Å². The molecule has 0 aliphatic carbocycles. The Morgan fingerprint density at radius 1 is 1.19 bits per heavy atom. The topological polar surface area (TPSA) is 72.0 Å². The minimum absolute atomic E-state index is 0.0415. The molecule has 1 aromatic heterocycles. The van der Waals surface area contributed by atoms with Crippen LogP contribution in [-0.4, -0.2) is 48.5 Å². The molecule has 2 aliphatic heterocycles. The number of fused-ring (bicyclic) bond motifs is 2. The van der Waals surface area contributed by atoms with Crippen LogP contribution in [-0.2, 0) is 9.59 Å². The molecule has 0 spiro atoms. The fourth-order valence-corrected chi connectivity index (χ4v) is 5.10. The van der Waals surface area contributed by atoms with Crippen molar-refractivity contribution in [1.82, 2.24) is 9.88 Å². The molecule has 2 amide bonds. The predicted molar refractivity (Wildman–Crippen MR) is 119 cm³/mol. The van der Waals surface area contributed by atoms with E-state index in [9.17, 15) is 9.59 Å². The third-order valence-corrected chi connectivity index (χ3v) is 7.11. The number of thiazole rings is 1. The van der Waals surface area contributed by atoms with E-state index in [0.29, 0.717) is 31.3 Å². The number of hydrogen-bond donors (Lipinski definition) is 0. The lowest BCUT2D eigenvalue weighted by Crippen LogP contribution is -2.36. The van der Waals surface area contributed by atoms with E-state index in [1.807, 2.05) is 49.4 Å². The van der Waals surface area contributed by atoms with E-state index in [2.05, 4.69) is 4.98 Å². The van der Waals surface area contributed by atoms with Gasteiger partial charge in [-0.15, -0.1) is 11.3 Å². The van der Waals surface area contributed by atoms with Crippen LogP contribution < -0.4 is 14.4 Å². The Hall–Kier alpha value is -3.13. The number of nitrogens with zero attached hydrogens (tertiary/aromatic N) is 3. The third kappa shape index (κ3) is 3.61. The van der Waals surface area contributed by atoms with Crippen LogP contribution in [0.5, 0.6) is 11.5 Å². The van der Waals surface area contributed by atoms with Crippen molar-refractivity contribution in [2.45, 2.75) is 19.4 Å². The largest absolute Gasteiger partial charge is 0.486 e. The highest BCUT2D eigenvalue weighted by Gasteiger charge is 2.38. The molecule has 2 atom stereocenters. The van der Waals surface area contributed by atoms with Crippen molar-refractivity contribution in [1.29, 1.82) is 0 Å². The number of carbonyl (C=O) groups is 2. The average molecular weight is 438 g/mol. The van der Waals surface area contributed by atoms with Crippen molar-refractivity contribution in [3.8, 4) is 11.5 Å². The Morgan fingerprint density at radius 3 is 2.77 bits per heavy atom. The average Bonchev–Trinajstić information content (AvgIpc) is 3.41. The maximum Gasteiger partial charge on any atom is 0.228 e. The minimum atomic E-state index is -0.387. The highest BCUT2D eigenvalue weighted by atomic mass is 32.1. The van der Waals surface area contributed by atoms with E-state index in [-0.39, 0.29) is 30.2 Å². The number of ether oxygens (including phenoxy) is 2. The monoisotopic (exact) mass is 437 g/mol. The van der Waals surface area contributed by atoms with Gasteiger partial charge in [0.05, 0.1) is 22.2 Å². The number of amides is 2. The minimum Gasteiger partial charge on any atom is -0.486 e. The Kier molecular flexibility index (Phi) is 5.02. The summed E-state index contributed by atoms with van der Waals surface area (Å²) < 4.78 is 12.3. The highest BCUT2D eigenvalue weighted by molar-refractivity contribution is 7.18. The van der Waals surface area contributed by atoms with Crippen LogP contribution in [0, 0.1) is 5.92 Å². The standard InChI is InChI=1S/C23H23N3O4S/c1-14(22-24-17-5-3-4-6-20(17)31-22)25(2)23(28)15-11-21(27)26(13-15)16-7-8-18-19(12-16)30-10-9-29-18/h3-8,12,14-15H,9-11,13H2,1-2H3/t14-,15-/m1/s1. The number of rotatable bonds is 4. The molecule has 3 aromatic rings. The molecule has 3 heterocycles. The van der Waals surface area contributed by atoms with E-state index in [4.69, 9.17) is 9.47 Å². The number of aromatic nitrogens is 1. The van der Waals surface area contributed by atoms with Gasteiger partial charge in [0, 0.05) is 31.8 Å². The van der Waals surface area contributed by atoms with Crippen LogP contribution in [0.4, 0.5) is 5.69 Å². The van der Waals surface area contributed by atoms with Gasteiger partial charge in [-0.05, 0) is 31.2 Å². The van der Waals surface area contributed by atoms with Gasteiger partial charge in [-0.1, -0.05) is 12.1 Å².